The molecule has 0 spiro atoms. The summed E-state index contributed by atoms with van der Waals surface area (Å²) >= 11 is 0. The van der Waals surface area contributed by atoms with Crippen molar-refractivity contribution in [1.82, 2.24) is 4.90 Å². The van der Waals surface area contributed by atoms with Crippen LogP contribution in [0.2, 0.25) is 0 Å². The van der Waals surface area contributed by atoms with Crippen LogP contribution in [0.15, 0.2) is 0 Å². The van der Waals surface area contributed by atoms with Gasteiger partial charge in [0, 0.05) is 12.6 Å². The van der Waals surface area contributed by atoms with Gasteiger partial charge in [0.2, 0.25) is 0 Å². The molecule has 0 bridgehead atoms. The summed E-state index contributed by atoms with van der Waals surface area (Å²) in [5.74, 6) is -2.88. The number of alkyl halides is 2. The second-order valence-corrected chi connectivity index (χ2v) is 3.82. The maximum atomic E-state index is 12.6. The van der Waals surface area contributed by atoms with E-state index in [1.54, 1.807) is 0 Å². The zero-order valence-corrected chi connectivity index (χ0v) is 8.51. The average Bonchev–Trinajstić information content (AvgIpc) is 2.95. The summed E-state index contributed by atoms with van der Waals surface area (Å²) in [6.07, 6.45) is 2.44. The number of hydrogen-bond acceptors (Lipinski definition) is 3. The topological polar surface area (TPSA) is 38.5 Å². The van der Waals surface area contributed by atoms with E-state index in [9.17, 15) is 8.78 Å². The highest BCUT2D eigenvalue weighted by Gasteiger charge is 2.28. The van der Waals surface area contributed by atoms with E-state index in [0.717, 1.165) is 0 Å². The summed E-state index contributed by atoms with van der Waals surface area (Å²) in [5.41, 5.74) is 4.87. The van der Waals surface area contributed by atoms with E-state index in [1.165, 1.54) is 12.8 Å². The molecule has 0 unspecified atom stereocenters. The number of hydrogen-bond donors (Lipinski definition) is 1. The summed E-state index contributed by atoms with van der Waals surface area (Å²) in [6.45, 7) is -0.151. The van der Waals surface area contributed by atoms with Crippen molar-refractivity contribution < 1.29 is 13.5 Å². The molecule has 84 valence electrons. The molecule has 0 amide bonds. The molecular formula is C9H18F2N2O. The second kappa shape index (κ2) is 5.00. The molecule has 0 radical (unpaired) electrons. The predicted molar refractivity (Wildman–Crippen MR) is 50.5 cm³/mol. The Morgan fingerprint density at radius 1 is 1.50 bits per heavy atom. The quantitative estimate of drug-likeness (QED) is 0.626. The van der Waals surface area contributed by atoms with Crippen molar-refractivity contribution in [3.05, 3.63) is 0 Å². The highest BCUT2D eigenvalue weighted by molar-refractivity contribution is 4.82. The molecule has 3 nitrogen and oxygen atoms in total. The van der Waals surface area contributed by atoms with Gasteiger partial charge in [-0.15, -0.1) is 0 Å². The third kappa shape index (κ3) is 4.30. The molecule has 1 fully saturated rings. The Morgan fingerprint density at radius 3 is 2.64 bits per heavy atom. The first-order valence-electron chi connectivity index (χ1n) is 4.91. The minimum Gasteiger partial charge on any atom is -0.374 e. The van der Waals surface area contributed by atoms with Crippen LogP contribution in [0.25, 0.3) is 0 Å². The van der Waals surface area contributed by atoms with E-state index < -0.39 is 19.1 Å². The zero-order chi connectivity index (χ0) is 10.6. The Hall–Kier alpha value is -0.260. The van der Waals surface area contributed by atoms with Gasteiger partial charge in [-0.1, -0.05) is 0 Å². The molecule has 0 heterocycles. The fraction of sp³-hybridized carbons (Fsp3) is 1.00. The van der Waals surface area contributed by atoms with Gasteiger partial charge >= 0.3 is 0 Å². The fourth-order valence-electron chi connectivity index (χ4n) is 1.19. The number of ether oxygens (including phenoxy) is 1. The molecule has 1 aliphatic carbocycles. The van der Waals surface area contributed by atoms with E-state index in [1.807, 2.05) is 7.05 Å². The lowest BCUT2D eigenvalue weighted by molar-refractivity contribution is -0.0715. The van der Waals surface area contributed by atoms with Crippen LogP contribution in [0.3, 0.4) is 0 Å². The summed E-state index contributed by atoms with van der Waals surface area (Å²) in [6, 6.07) is 0.647. The monoisotopic (exact) mass is 208 g/mol. The van der Waals surface area contributed by atoms with E-state index in [-0.39, 0.29) is 0 Å². The first-order chi connectivity index (χ1) is 6.55. The van der Waals surface area contributed by atoms with Crippen LogP contribution < -0.4 is 5.73 Å². The standard InChI is InChI=1S/C9H18F2N2O/c1-13(8-2-3-8)4-5-14-7-9(10,11)6-12/h8H,2-7,12H2,1H3. The Labute approximate surface area is 83.2 Å². The SMILES string of the molecule is CN(CCOCC(F)(F)CN)C1CC1. The van der Waals surface area contributed by atoms with Crippen molar-refractivity contribution in [3.63, 3.8) is 0 Å². The minimum absolute atomic E-state index is 0.350. The number of likely N-dealkylation sites (N-methyl/N-ethyl adjacent to an activating group) is 1. The van der Waals surface area contributed by atoms with Gasteiger partial charge in [0.1, 0.15) is 6.61 Å². The summed E-state index contributed by atoms with van der Waals surface area (Å²) in [5, 5.41) is 0. The van der Waals surface area contributed by atoms with Crippen LogP contribution >= 0.6 is 0 Å². The van der Waals surface area contributed by atoms with E-state index in [4.69, 9.17) is 10.5 Å². The van der Waals surface area contributed by atoms with Crippen molar-refractivity contribution >= 4 is 0 Å². The van der Waals surface area contributed by atoms with Gasteiger partial charge in [0.15, 0.2) is 0 Å². The Kier molecular flexibility index (Phi) is 4.22. The maximum Gasteiger partial charge on any atom is 0.282 e. The molecule has 1 rings (SSSR count). The highest BCUT2D eigenvalue weighted by atomic mass is 19.3. The minimum atomic E-state index is -2.88. The molecule has 0 aromatic rings. The molecule has 5 heteroatoms. The number of rotatable bonds is 7. The smallest absolute Gasteiger partial charge is 0.282 e. The van der Waals surface area contributed by atoms with Crippen molar-refractivity contribution in [3.8, 4) is 0 Å². The lowest BCUT2D eigenvalue weighted by Crippen LogP contribution is -2.34. The molecular weight excluding hydrogens is 190 g/mol. The van der Waals surface area contributed by atoms with Gasteiger partial charge in [-0.25, -0.2) is 8.78 Å². The van der Waals surface area contributed by atoms with E-state index in [2.05, 4.69) is 4.90 Å². The van der Waals surface area contributed by atoms with Crippen molar-refractivity contribution in [2.24, 2.45) is 5.73 Å². The van der Waals surface area contributed by atoms with Gasteiger partial charge in [-0.05, 0) is 19.9 Å². The first-order valence-corrected chi connectivity index (χ1v) is 4.91. The van der Waals surface area contributed by atoms with E-state index >= 15 is 0 Å². The third-order valence-corrected chi connectivity index (χ3v) is 2.37. The largest absolute Gasteiger partial charge is 0.374 e. The summed E-state index contributed by atoms with van der Waals surface area (Å²) < 4.78 is 30.0. The lowest BCUT2D eigenvalue weighted by atomic mass is 10.4. The normalized spacial score (nSPS) is 17.8. The molecule has 0 saturated heterocycles. The lowest BCUT2D eigenvalue weighted by Gasteiger charge is -2.17. The second-order valence-electron chi connectivity index (χ2n) is 3.82. The maximum absolute atomic E-state index is 12.6. The molecule has 2 N–H and O–H groups in total. The Morgan fingerprint density at radius 2 is 2.14 bits per heavy atom. The number of nitrogens with zero attached hydrogens (tertiary/aromatic N) is 1. The average molecular weight is 208 g/mol. The van der Waals surface area contributed by atoms with Crippen LogP contribution in [-0.2, 0) is 4.74 Å². The van der Waals surface area contributed by atoms with Crippen LogP contribution in [0.1, 0.15) is 12.8 Å². The zero-order valence-electron chi connectivity index (χ0n) is 8.51. The predicted octanol–water partition coefficient (Wildman–Crippen LogP) is 0.691. The Bertz CT molecular complexity index is 174. The van der Waals surface area contributed by atoms with Crippen molar-refractivity contribution in [2.45, 2.75) is 24.8 Å². The van der Waals surface area contributed by atoms with Gasteiger partial charge in [0.05, 0.1) is 13.2 Å². The third-order valence-electron chi connectivity index (χ3n) is 2.37. The molecule has 14 heavy (non-hydrogen) atoms. The van der Waals surface area contributed by atoms with Gasteiger partial charge in [-0.3, -0.25) is 0 Å². The van der Waals surface area contributed by atoms with Crippen LogP contribution in [-0.4, -0.2) is 50.2 Å². The molecule has 1 saturated carbocycles. The van der Waals surface area contributed by atoms with E-state index in [0.29, 0.717) is 19.2 Å². The highest BCUT2D eigenvalue weighted by Crippen LogP contribution is 2.24. The number of nitrogens with two attached hydrogens (primary N) is 1. The summed E-state index contributed by atoms with van der Waals surface area (Å²) in [4.78, 5) is 2.14. The molecule has 0 aromatic carbocycles. The van der Waals surface area contributed by atoms with Gasteiger partial charge < -0.3 is 15.4 Å². The van der Waals surface area contributed by atoms with Crippen molar-refractivity contribution in [1.29, 1.82) is 0 Å². The van der Waals surface area contributed by atoms with Crippen LogP contribution in [0, 0.1) is 0 Å². The summed E-state index contributed by atoms with van der Waals surface area (Å²) in [7, 11) is 1.99. The van der Waals surface area contributed by atoms with Gasteiger partial charge in [-0.2, -0.15) is 0 Å². The first kappa shape index (κ1) is 11.8. The van der Waals surface area contributed by atoms with Gasteiger partial charge in [0.25, 0.3) is 5.92 Å². The molecule has 0 aromatic heterocycles. The van der Waals surface area contributed by atoms with Crippen LogP contribution in [0.4, 0.5) is 8.78 Å². The molecule has 0 aliphatic heterocycles. The van der Waals surface area contributed by atoms with Crippen LogP contribution in [0.5, 0.6) is 0 Å². The molecule has 1 aliphatic rings. The molecule has 0 atom stereocenters. The number of halogens is 2. The van der Waals surface area contributed by atoms with Crippen molar-refractivity contribution in [2.75, 3.05) is 33.4 Å². The fourth-order valence-corrected chi connectivity index (χ4v) is 1.19. The Balaban J connectivity index is 1.98.